The van der Waals surface area contributed by atoms with Gasteiger partial charge in [0.2, 0.25) is 0 Å². The van der Waals surface area contributed by atoms with E-state index in [1.807, 2.05) is 24.3 Å². The number of nitro benzene ring substituents is 1. The lowest BCUT2D eigenvalue weighted by atomic mass is 10.0. The van der Waals surface area contributed by atoms with Crippen LogP contribution in [0.1, 0.15) is 28.6 Å². The lowest BCUT2D eigenvalue weighted by molar-refractivity contribution is -0.385. The molecule has 0 bridgehead atoms. The Morgan fingerprint density at radius 1 is 1.27 bits per heavy atom. The molecule has 0 aliphatic heterocycles. The highest BCUT2D eigenvalue weighted by atomic mass is 16.6. The molecule has 0 fully saturated rings. The van der Waals surface area contributed by atoms with Gasteiger partial charge in [0.05, 0.1) is 17.6 Å². The average Bonchev–Trinajstić information content (AvgIpc) is 3.22. The number of hydrogen-bond acceptors (Lipinski definition) is 9. The Kier molecular flexibility index (Phi) is 6.78. The highest BCUT2D eigenvalue weighted by Crippen LogP contribution is 2.29. The fourth-order valence-electron chi connectivity index (χ4n) is 3.04. The summed E-state index contributed by atoms with van der Waals surface area (Å²) >= 11 is 0. The van der Waals surface area contributed by atoms with Crippen LogP contribution in [-0.4, -0.2) is 38.2 Å². The molecule has 1 unspecified atom stereocenters. The van der Waals surface area contributed by atoms with Gasteiger partial charge in [0.25, 0.3) is 5.69 Å². The van der Waals surface area contributed by atoms with Gasteiger partial charge in [0, 0.05) is 19.2 Å². The van der Waals surface area contributed by atoms with Crippen molar-refractivity contribution in [2.45, 2.75) is 25.7 Å². The zero-order valence-corrected chi connectivity index (χ0v) is 16.3. The number of hydrogen-bond donors (Lipinski definition) is 2. The number of ether oxygens (including phenoxy) is 1. The van der Waals surface area contributed by atoms with E-state index in [1.165, 1.54) is 17.9 Å². The summed E-state index contributed by atoms with van der Waals surface area (Å²) in [7, 11) is 1.26. The number of carbonyl (C=O) groups is 1. The van der Waals surface area contributed by atoms with Crippen molar-refractivity contribution in [3.63, 3.8) is 0 Å². The van der Waals surface area contributed by atoms with Gasteiger partial charge in [-0.2, -0.15) is 0 Å². The Labute approximate surface area is 172 Å². The van der Waals surface area contributed by atoms with Gasteiger partial charge in [0.1, 0.15) is 12.6 Å². The molecular weight excluding hydrogens is 390 g/mol. The van der Waals surface area contributed by atoms with Crippen molar-refractivity contribution in [3.8, 4) is 0 Å². The number of nitrogens with two attached hydrogens (primary N) is 1. The van der Waals surface area contributed by atoms with Crippen LogP contribution in [0.5, 0.6) is 0 Å². The van der Waals surface area contributed by atoms with E-state index in [0.29, 0.717) is 18.7 Å². The van der Waals surface area contributed by atoms with Gasteiger partial charge in [-0.3, -0.25) is 20.2 Å². The number of para-hydroxylation sites is 1. The Balaban J connectivity index is 1.99. The van der Waals surface area contributed by atoms with E-state index in [4.69, 9.17) is 5.73 Å². The summed E-state index contributed by atoms with van der Waals surface area (Å²) < 4.78 is 5.95. The van der Waals surface area contributed by atoms with Crippen molar-refractivity contribution >= 4 is 11.7 Å². The third-order valence-corrected chi connectivity index (χ3v) is 4.51. The molecule has 3 aromatic rings. The molecule has 0 spiro atoms. The van der Waals surface area contributed by atoms with Crippen molar-refractivity contribution in [1.29, 1.82) is 0 Å². The van der Waals surface area contributed by atoms with Gasteiger partial charge in [-0.05, 0) is 21.6 Å². The van der Waals surface area contributed by atoms with Crippen molar-refractivity contribution in [3.05, 3.63) is 81.2 Å². The third kappa shape index (κ3) is 4.82. The summed E-state index contributed by atoms with van der Waals surface area (Å²) in [5.74, 6) is -0.287. The number of carbonyl (C=O) groups excluding carboxylic acids is 1. The molecule has 0 aliphatic carbocycles. The van der Waals surface area contributed by atoms with Crippen LogP contribution in [0.4, 0.5) is 5.69 Å². The smallest absolute Gasteiger partial charge is 0.327 e. The van der Waals surface area contributed by atoms with Gasteiger partial charge < -0.3 is 10.5 Å². The number of nitro groups is 1. The average molecular weight is 411 g/mol. The summed E-state index contributed by atoms with van der Waals surface area (Å²) in [5, 5.41) is 26.4. The van der Waals surface area contributed by atoms with Crippen LogP contribution in [0.25, 0.3) is 0 Å². The number of benzene rings is 2. The fourth-order valence-corrected chi connectivity index (χ4v) is 3.04. The molecule has 30 heavy (non-hydrogen) atoms. The number of nitrogens with one attached hydrogen (secondary N) is 1. The lowest BCUT2D eigenvalue weighted by Gasteiger charge is -2.19. The zero-order valence-electron chi connectivity index (χ0n) is 16.3. The summed E-state index contributed by atoms with van der Waals surface area (Å²) in [6.45, 7) is 0.550. The zero-order chi connectivity index (χ0) is 21.5. The first kappa shape index (κ1) is 21.0. The Hall–Kier alpha value is -3.70. The molecule has 1 atom stereocenters. The monoisotopic (exact) mass is 411 g/mol. The third-order valence-electron chi connectivity index (χ3n) is 4.51. The summed E-state index contributed by atoms with van der Waals surface area (Å²) in [4.78, 5) is 22.9. The van der Waals surface area contributed by atoms with E-state index in [-0.39, 0.29) is 18.1 Å². The standard InChI is InChI=1S/C19H21N7O4/c1-30-17(27)12-25-19(22-23-24-25)18(15-7-2-3-8-16(15)26(28)29)21-11-14-6-4-5-13(9-14)10-20/h2-9,18,21H,10-12,20H2,1H3. The van der Waals surface area contributed by atoms with Crippen molar-refractivity contribution < 1.29 is 14.5 Å². The maximum atomic E-state index is 11.7. The molecule has 11 heteroatoms. The van der Waals surface area contributed by atoms with Crippen LogP contribution < -0.4 is 11.1 Å². The molecule has 0 saturated carbocycles. The summed E-state index contributed by atoms with van der Waals surface area (Å²) in [5.41, 5.74) is 7.90. The lowest BCUT2D eigenvalue weighted by Crippen LogP contribution is -2.28. The predicted octanol–water partition coefficient (Wildman–Crippen LogP) is 1.09. The van der Waals surface area contributed by atoms with E-state index >= 15 is 0 Å². The molecule has 0 aliphatic rings. The molecule has 156 valence electrons. The Morgan fingerprint density at radius 3 is 2.77 bits per heavy atom. The molecule has 0 saturated heterocycles. The first-order chi connectivity index (χ1) is 14.5. The second-order valence-electron chi connectivity index (χ2n) is 6.42. The van der Waals surface area contributed by atoms with E-state index in [9.17, 15) is 14.9 Å². The highest BCUT2D eigenvalue weighted by Gasteiger charge is 2.28. The van der Waals surface area contributed by atoms with Crippen molar-refractivity contribution in [1.82, 2.24) is 25.5 Å². The van der Waals surface area contributed by atoms with E-state index < -0.39 is 16.9 Å². The van der Waals surface area contributed by atoms with Crippen LogP contribution in [-0.2, 0) is 29.2 Å². The molecule has 11 nitrogen and oxygen atoms in total. The number of tetrazole rings is 1. The Bertz CT molecular complexity index is 1040. The quantitative estimate of drug-likeness (QED) is 0.299. The maximum Gasteiger partial charge on any atom is 0.327 e. The molecule has 3 rings (SSSR count). The Morgan fingerprint density at radius 2 is 2.03 bits per heavy atom. The second-order valence-corrected chi connectivity index (χ2v) is 6.42. The number of esters is 1. The largest absolute Gasteiger partial charge is 0.468 e. The highest BCUT2D eigenvalue weighted by molar-refractivity contribution is 5.68. The molecule has 0 radical (unpaired) electrons. The number of nitrogens with zero attached hydrogens (tertiary/aromatic N) is 5. The van der Waals surface area contributed by atoms with Crippen molar-refractivity contribution in [2.75, 3.05) is 7.11 Å². The summed E-state index contributed by atoms with van der Waals surface area (Å²) in [6.07, 6.45) is 0. The van der Waals surface area contributed by atoms with Crippen LogP contribution in [0.15, 0.2) is 48.5 Å². The minimum absolute atomic E-state index is 0.0849. The van der Waals surface area contributed by atoms with Crippen LogP contribution in [0, 0.1) is 10.1 Å². The molecule has 1 heterocycles. The predicted molar refractivity (Wildman–Crippen MR) is 106 cm³/mol. The van der Waals surface area contributed by atoms with Crippen LogP contribution in [0.3, 0.4) is 0 Å². The molecular formula is C19H21N7O4. The maximum absolute atomic E-state index is 11.7. The van der Waals surface area contributed by atoms with E-state index in [2.05, 4.69) is 25.6 Å². The topological polar surface area (TPSA) is 151 Å². The van der Waals surface area contributed by atoms with Gasteiger partial charge in [-0.25, -0.2) is 4.68 Å². The van der Waals surface area contributed by atoms with Gasteiger partial charge in [-0.15, -0.1) is 5.10 Å². The van der Waals surface area contributed by atoms with Gasteiger partial charge >= 0.3 is 5.97 Å². The SMILES string of the molecule is COC(=O)Cn1nnnc1C(NCc1cccc(CN)c1)c1ccccc1[N+](=O)[O-]. The summed E-state index contributed by atoms with van der Waals surface area (Å²) in [6, 6.07) is 13.2. The van der Waals surface area contributed by atoms with Crippen molar-refractivity contribution in [2.24, 2.45) is 5.73 Å². The number of aromatic nitrogens is 4. The first-order valence-electron chi connectivity index (χ1n) is 9.11. The molecule has 0 amide bonds. The van der Waals surface area contributed by atoms with Crippen LogP contribution >= 0.6 is 0 Å². The number of methoxy groups -OCH3 is 1. The first-order valence-corrected chi connectivity index (χ1v) is 9.11. The van der Waals surface area contributed by atoms with Gasteiger partial charge in [-0.1, -0.05) is 42.5 Å². The van der Waals surface area contributed by atoms with Gasteiger partial charge in [0.15, 0.2) is 5.82 Å². The van der Waals surface area contributed by atoms with Crippen LogP contribution in [0.2, 0.25) is 0 Å². The molecule has 3 N–H and O–H groups in total. The minimum Gasteiger partial charge on any atom is -0.468 e. The fraction of sp³-hybridized carbons (Fsp3) is 0.263. The van der Waals surface area contributed by atoms with E-state index in [0.717, 1.165) is 11.1 Å². The number of rotatable bonds is 9. The van der Waals surface area contributed by atoms with E-state index in [1.54, 1.807) is 18.2 Å². The molecule has 2 aromatic carbocycles. The molecule has 1 aromatic heterocycles. The normalized spacial score (nSPS) is 11.8. The minimum atomic E-state index is -0.743. The second kappa shape index (κ2) is 9.67.